The van der Waals surface area contributed by atoms with E-state index < -0.39 is 0 Å². The lowest BCUT2D eigenvalue weighted by Crippen LogP contribution is -2.25. The summed E-state index contributed by atoms with van der Waals surface area (Å²) in [5, 5.41) is 0. The fraction of sp³-hybridized carbons (Fsp3) is 0.545. The van der Waals surface area contributed by atoms with Crippen LogP contribution in [0, 0.1) is 12.8 Å². The highest BCUT2D eigenvalue weighted by molar-refractivity contribution is 5.74. The molecule has 1 aromatic heterocycles. The average Bonchev–Trinajstić information content (AvgIpc) is 2.52. The molecule has 0 spiro atoms. The van der Waals surface area contributed by atoms with E-state index in [1.165, 1.54) is 7.11 Å². The van der Waals surface area contributed by atoms with Gasteiger partial charge in [-0.2, -0.15) is 0 Å². The zero-order valence-corrected chi connectivity index (χ0v) is 9.15. The molecule has 0 bridgehead atoms. The van der Waals surface area contributed by atoms with Crippen molar-refractivity contribution in [3.05, 3.63) is 24.0 Å². The highest BCUT2D eigenvalue weighted by atomic mass is 16.5. The molecule has 0 fully saturated rings. The van der Waals surface area contributed by atoms with Crippen molar-refractivity contribution in [1.82, 2.24) is 4.57 Å². The predicted molar refractivity (Wildman–Crippen MR) is 55.1 cm³/mol. The van der Waals surface area contributed by atoms with Crippen LogP contribution in [-0.2, 0) is 9.53 Å². The van der Waals surface area contributed by atoms with Gasteiger partial charge < -0.3 is 9.30 Å². The fourth-order valence-electron chi connectivity index (χ4n) is 1.62. The maximum atomic E-state index is 11.6. The highest BCUT2D eigenvalue weighted by Crippen LogP contribution is 2.21. The number of hydrogen-bond acceptors (Lipinski definition) is 2. The Kier molecular flexibility index (Phi) is 3.33. The lowest BCUT2D eigenvalue weighted by Gasteiger charge is -2.21. The van der Waals surface area contributed by atoms with Crippen molar-refractivity contribution in [2.45, 2.75) is 26.8 Å². The van der Waals surface area contributed by atoms with E-state index in [-0.39, 0.29) is 17.9 Å². The average molecular weight is 195 g/mol. The van der Waals surface area contributed by atoms with Gasteiger partial charge in [-0.05, 0) is 25.0 Å². The Morgan fingerprint density at radius 2 is 2.14 bits per heavy atom. The molecule has 0 aliphatic carbocycles. The molecule has 0 aliphatic rings. The third kappa shape index (κ3) is 1.97. The quantitative estimate of drug-likeness (QED) is 0.692. The first-order valence-corrected chi connectivity index (χ1v) is 4.79. The van der Waals surface area contributed by atoms with Crippen molar-refractivity contribution in [2.24, 2.45) is 5.92 Å². The molecule has 0 radical (unpaired) electrons. The summed E-state index contributed by atoms with van der Waals surface area (Å²) in [4.78, 5) is 11.6. The monoisotopic (exact) mass is 195 g/mol. The van der Waals surface area contributed by atoms with Crippen LogP contribution in [0.1, 0.15) is 25.6 Å². The van der Waals surface area contributed by atoms with E-state index in [0.717, 1.165) is 5.69 Å². The second-order valence-electron chi connectivity index (χ2n) is 3.77. The predicted octanol–water partition coefficient (Wildman–Crippen LogP) is 2.17. The molecule has 1 heterocycles. The van der Waals surface area contributed by atoms with Crippen LogP contribution in [0.2, 0.25) is 0 Å². The molecule has 0 amide bonds. The van der Waals surface area contributed by atoms with Crippen molar-refractivity contribution < 1.29 is 9.53 Å². The van der Waals surface area contributed by atoms with Gasteiger partial charge in [0.05, 0.1) is 7.11 Å². The van der Waals surface area contributed by atoms with Crippen LogP contribution in [0.25, 0.3) is 0 Å². The first-order valence-electron chi connectivity index (χ1n) is 4.79. The molecule has 1 aromatic rings. The molecular formula is C11H17NO2. The van der Waals surface area contributed by atoms with Crippen molar-refractivity contribution in [3.8, 4) is 0 Å². The molecule has 3 heteroatoms. The molecule has 0 aliphatic heterocycles. The fourth-order valence-corrected chi connectivity index (χ4v) is 1.62. The second-order valence-corrected chi connectivity index (χ2v) is 3.77. The van der Waals surface area contributed by atoms with E-state index >= 15 is 0 Å². The number of nitrogens with zero attached hydrogens (tertiary/aromatic N) is 1. The van der Waals surface area contributed by atoms with E-state index in [1.807, 2.05) is 43.7 Å². The van der Waals surface area contributed by atoms with Gasteiger partial charge in [0, 0.05) is 11.9 Å². The lowest BCUT2D eigenvalue weighted by molar-refractivity contribution is -0.146. The Morgan fingerprint density at radius 3 is 2.50 bits per heavy atom. The van der Waals surface area contributed by atoms with Crippen LogP contribution in [0.3, 0.4) is 0 Å². The standard InChI is InChI=1S/C11H17NO2/c1-8(2)10(11(13)14-4)12-7-5-6-9(12)3/h5-8,10H,1-4H3/t10-/m1/s1. The van der Waals surface area contributed by atoms with Crippen molar-refractivity contribution >= 4 is 5.97 Å². The first kappa shape index (κ1) is 10.8. The van der Waals surface area contributed by atoms with Gasteiger partial charge in [-0.1, -0.05) is 13.8 Å². The van der Waals surface area contributed by atoms with Crippen LogP contribution in [0.4, 0.5) is 0 Å². The third-order valence-electron chi connectivity index (χ3n) is 2.37. The number of rotatable bonds is 3. The van der Waals surface area contributed by atoms with Gasteiger partial charge in [0.1, 0.15) is 6.04 Å². The van der Waals surface area contributed by atoms with Gasteiger partial charge in [0.2, 0.25) is 0 Å². The summed E-state index contributed by atoms with van der Waals surface area (Å²) in [7, 11) is 1.43. The minimum Gasteiger partial charge on any atom is -0.467 e. The number of esters is 1. The molecule has 1 rings (SSSR count). The summed E-state index contributed by atoms with van der Waals surface area (Å²) in [6, 6.07) is 3.71. The first-order chi connectivity index (χ1) is 6.57. The normalized spacial score (nSPS) is 12.9. The van der Waals surface area contributed by atoms with Crippen LogP contribution >= 0.6 is 0 Å². The maximum absolute atomic E-state index is 11.6. The van der Waals surface area contributed by atoms with Crippen molar-refractivity contribution in [3.63, 3.8) is 0 Å². The van der Waals surface area contributed by atoms with Crippen molar-refractivity contribution in [1.29, 1.82) is 0 Å². The Bertz CT molecular complexity index is 315. The molecule has 78 valence electrons. The lowest BCUT2D eigenvalue weighted by atomic mass is 10.0. The van der Waals surface area contributed by atoms with Crippen LogP contribution in [0.5, 0.6) is 0 Å². The Labute approximate surface area is 84.7 Å². The summed E-state index contributed by atoms with van der Waals surface area (Å²) in [5.41, 5.74) is 1.08. The van der Waals surface area contributed by atoms with Gasteiger partial charge in [0.15, 0.2) is 0 Å². The van der Waals surface area contributed by atoms with Gasteiger partial charge in [-0.3, -0.25) is 0 Å². The number of hydrogen-bond donors (Lipinski definition) is 0. The molecule has 0 N–H and O–H groups in total. The Morgan fingerprint density at radius 1 is 1.50 bits per heavy atom. The van der Waals surface area contributed by atoms with E-state index in [9.17, 15) is 4.79 Å². The van der Waals surface area contributed by atoms with E-state index in [1.54, 1.807) is 0 Å². The van der Waals surface area contributed by atoms with E-state index in [0.29, 0.717) is 0 Å². The molecule has 0 unspecified atom stereocenters. The summed E-state index contributed by atoms with van der Waals surface area (Å²) < 4.78 is 6.75. The molecule has 14 heavy (non-hydrogen) atoms. The van der Waals surface area contributed by atoms with Crippen LogP contribution in [0.15, 0.2) is 18.3 Å². The summed E-state index contributed by atoms with van der Waals surface area (Å²) in [6.07, 6.45) is 1.91. The molecule has 3 nitrogen and oxygen atoms in total. The third-order valence-corrected chi connectivity index (χ3v) is 2.37. The SMILES string of the molecule is COC(=O)[C@@H](C(C)C)n1cccc1C. The topological polar surface area (TPSA) is 31.2 Å². The van der Waals surface area contributed by atoms with Gasteiger partial charge in [0.25, 0.3) is 0 Å². The highest BCUT2D eigenvalue weighted by Gasteiger charge is 2.24. The van der Waals surface area contributed by atoms with E-state index in [4.69, 9.17) is 4.74 Å². The largest absolute Gasteiger partial charge is 0.467 e. The Hall–Kier alpha value is -1.25. The minimum absolute atomic E-state index is 0.181. The van der Waals surface area contributed by atoms with Gasteiger partial charge in [-0.15, -0.1) is 0 Å². The maximum Gasteiger partial charge on any atom is 0.329 e. The smallest absolute Gasteiger partial charge is 0.329 e. The molecular weight excluding hydrogens is 178 g/mol. The number of ether oxygens (including phenoxy) is 1. The Balaban J connectivity index is 3.00. The second kappa shape index (κ2) is 4.31. The zero-order chi connectivity index (χ0) is 10.7. The van der Waals surface area contributed by atoms with E-state index in [2.05, 4.69) is 0 Å². The molecule has 0 saturated heterocycles. The summed E-state index contributed by atoms with van der Waals surface area (Å²) in [5.74, 6) is 0.0489. The van der Waals surface area contributed by atoms with Gasteiger partial charge in [-0.25, -0.2) is 4.79 Å². The van der Waals surface area contributed by atoms with Crippen LogP contribution < -0.4 is 0 Å². The number of carbonyl (C=O) groups excluding carboxylic acids is 1. The number of carbonyl (C=O) groups is 1. The molecule has 0 aromatic carbocycles. The number of aryl methyl sites for hydroxylation is 1. The minimum atomic E-state index is -0.213. The van der Waals surface area contributed by atoms with Crippen molar-refractivity contribution in [2.75, 3.05) is 7.11 Å². The number of methoxy groups -OCH3 is 1. The zero-order valence-electron chi connectivity index (χ0n) is 9.15. The van der Waals surface area contributed by atoms with Gasteiger partial charge >= 0.3 is 5.97 Å². The van der Waals surface area contributed by atoms with Crippen LogP contribution in [-0.4, -0.2) is 17.6 Å². The summed E-state index contributed by atoms with van der Waals surface area (Å²) in [6.45, 7) is 6.01. The summed E-state index contributed by atoms with van der Waals surface area (Å²) >= 11 is 0. The molecule has 1 atom stereocenters. The number of aromatic nitrogens is 1. The molecule has 0 saturated carbocycles.